The third kappa shape index (κ3) is 10.1. The van der Waals surface area contributed by atoms with Gasteiger partial charge in [0.1, 0.15) is 6.54 Å². The highest BCUT2D eigenvalue weighted by Gasteiger charge is 2.49. The van der Waals surface area contributed by atoms with E-state index in [0.29, 0.717) is 40.7 Å². The molecule has 4 aromatic rings. The van der Waals surface area contributed by atoms with Crippen molar-refractivity contribution in [2.24, 2.45) is 4.99 Å². The van der Waals surface area contributed by atoms with E-state index in [-0.39, 0.29) is 11.8 Å². The van der Waals surface area contributed by atoms with Crippen LogP contribution in [0.4, 0.5) is 11.4 Å². The highest BCUT2D eigenvalue weighted by Crippen LogP contribution is 2.43. The van der Waals surface area contributed by atoms with Crippen molar-refractivity contribution >= 4 is 57.7 Å². The molecular formula is C40H51ClIN6O2+. The minimum absolute atomic E-state index is 0.190. The molecule has 0 bridgehead atoms. The summed E-state index contributed by atoms with van der Waals surface area (Å²) in [6.45, 7) is 26.4. The molecule has 0 aliphatic carbocycles. The number of alkyl halides is 1. The highest BCUT2D eigenvalue weighted by atomic mass is 127. The van der Waals surface area contributed by atoms with Crippen molar-refractivity contribution in [2.45, 2.75) is 47.5 Å². The number of aliphatic imine (C=N–C) groups is 1. The Labute approximate surface area is 317 Å². The normalized spacial score (nSPS) is 15.0. The molecule has 0 spiro atoms. The number of nitrogens with one attached hydrogen (secondary N) is 1. The molecule has 1 saturated heterocycles. The summed E-state index contributed by atoms with van der Waals surface area (Å²) >= 11 is 9.08. The Balaban J connectivity index is 0.00000137. The molecule has 1 fully saturated rings. The molecule has 10 heteroatoms. The number of rotatable bonds is 11. The van der Waals surface area contributed by atoms with Gasteiger partial charge in [0.05, 0.1) is 22.1 Å². The van der Waals surface area contributed by atoms with Gasteiger partial charge in [-0.3, -0.25) is 19.8 Å². The monoisotopic (exact) mass is 809 g/mol. The molecule has 3 heterocycles. The van der Waals surface area contributed by atoms with Gasteiger partial charge in [-0.25, -0.2) is 0 Å². The number of aromatic nitrogens is 2. The first-order chi connectivity index (χ1) is 24.2. The maximum Gasteiger partial charge on any atom is 0.270 e. The average Bonchev–Trinajstić information content (AvgIpc) is 3.96. The first-order valence-electron chi connectivity index (χ1n) is 16.6. The van der Waals surface area contributed by atoms with Crippen LogP contribution in [0.3, 0.4) is 0 Å². The molecule has 0 radical (unpaired) electrons. The fraction of sp³-hybridized carbons (Fsp3) is 0.300. The zero-order valence-electron chi connectivity index (χ0n) is 30.2. The second-order valence-corrected chi connectivity index (χ2v) is 12.4. The van der Waals surface area contributed by atoms with Crippen LogP contribution in [0.1, 0.15) is 70.7 Å². The molecule has 1 aliphatic rings. The van der Waals surface area contributed by atoms with Crippen molar-refractivity contribution in [3.8, 4) is 11.3 Å². The Bertz CT molecular complexity index is 1740. The fourth-order valence-electron chi connectivity index (χ4n) is 5.42. The number of benzene rings is 2. The van der Waals surface area contributed by atoms with Crippen LogP contribution >= 0.6 is 34.2 Å². The number of hydrogen-bond donors (Lipinski definition) is 2. The summed E-state index contributed by atoms with van der Waals surface area (Å²) in [4.78, 5) is 33.6. The summed E-state index contributed by atoms with van der Waals surface area (Å²) in [6.07, 6.45) is 3.50. The van der Waals surface area contributed by atoms with E-state index in [2.05, 4.69) is 96.2 Å². The molecule has 2 aromatic heterocycles. The van der Waals surface area contributed by atoms with Gasteiger partial charge in [-0.15, -0.1) is 35.8 Å². The third-order valence-corrected chi connectivity index (χ3v) is 9.08. The van der Waals surface area contributed by atoms with Gasteiger partial charge in [-0.2, -0.15) is 0 Å². The maximum atomic E-state index is 13.6. The number of quaternary nitrogens is 1. The number of nitrogens with two attached hydrogens (primary N) is 1. The standard InChI is InChI=1S/C34H36ClIN6O2.C2H6.2C2H4/c1-5-42(20-44-42)30-17-29(41-33(22(30)3)27-11-13-39-23(4)31(27)35)28(24-9-7-6-8-10-24)19-40-34(43)25-15-21(2)32(37)26(16-25)18-38-14-12-36;3*1-2/h6-11,13,15-18,28H,5,12,14,19-20H2,1-4H3,(H2-,37,38,40,43);1-2H3;2*1-2H2/p+1. The van der Waals surface area contributed by atoms with Crippen molar-refractivity contribution in [3.05, 3.63) is 131 Å². The Morgan fingerprint density at radius 3 is 2.38 bits per heavy atom. The van der Waals surface area contributed by atoms with E-state index in [1.54, 1.807) is 18.5 Å². The van der Waals surface area contributed by atoms with Crippen LogP contribution in [0.2, 0.25) is 5.02 Å². The second-order valence-electron chi connectivity index (χ2n) is 11.0. The molecule has 2 atom stereocenters. The van der Waals surface area contributed by atoms with Gasteiger partial charge in [-0.1, -0.05) is 78.4 Å². The van der Waals surface area contributed by atoms with Gasteiger partial charge in [0, 0.05) is 69.9 Å². The van der Waals surface area contributed by atoms with Crippen molar-refractivity contribution in [1.82, 2.24) is 19.9 Å². The number of nitrogen functional groups attached to an aromatic ring is 1. The minimum atomic E-state index is -0.239. The number of nitrogens with zero attached hydrogens (tertiary/aromatic N) is 4. The van der Waals surface area contributed by atoms with E-state index in [1.807, 2.05) is 58.0 Å². The second kappa shape index (κ2) is 20.7. The number of aryl methyl sites for hydroxylation is 2. The van der Waals surface area contributed by atoms with Crippen molar-refractivity contribution in [2.75, 3.05) is 36.5 Å². The highest BCUT2D eigenvalue weighted by molar-refractivity contribution is 14.1. The zero-order valence-corrected chi connectivity index (χ0v) is 33.1. The van der Waals surface area contributed by atoms with Crippen LogP contribution in [-0.4, -0.2) is 52.9 Å². The minimum Gasteiger partial charge on any atom is -0.398 e. The van der Waals surface area contributed by atoms with Crippen molar-refractivity contribution in [1.29, 1.82) is 0 Å². The quantitative estimate of drug-likeness (QED) is 0.0299. The van der Waals surface area contributed by atoms with Gasteiger partial charge >= 0.3 is 0 Å². The molecule has 1 amide bonds. The Morgan fingerprint density at radius 2 is 1.78 bits per heavy atom. The molecule has 50 heavy (non-hydrogen) atoms. The number of amides is 1. The molecule has 1 aliphatic heterocycles. The lowest BCUT2D eigenvalue weighted by Gasteiger charge is -2.22. The Hall–Kier alpha value is -3.90. The lowest BCUT2D eigenvalue weighted by atomic mass is 9.92. The SMILES string of the molecule is C=C.C=C.CC.CC[N+]1(c2cc(C(CNC(=O)c3cc(C)c(N)c(C=NCCI)c3)c3ccccc3)nc(-c3ccnc(C)c3Cl)c2C)CO1. The lowest BCUT2D eigenvalue weighted by Crippen LogP contribution is -2.30. The Morgan fingerprint density at radius 1 is 1.12 bits per heavy atom. The number of carbonyl (C=O) groups is 1. The molecule has 266 valence electrons. The van der Waals surface area contributed by atoms with E-state index >= 15 is 0 Å². The predicted molar refractivity (Wildman–Crippen MR) is 222 cm³/mol. The Kier molecular flexibility index (Phi) is 17.5. The zero-order chi connectivity index (χ0) is 37.4. The van der Waals surface area contributed by atoms with Gasteiger partial charge in [0.25, 0.3) is 12.6 Å². The van der Waals surface area contributed by atoms with Crippen LogP contribution in [0.5, 0.6) is 0 Å². The smallest absolute Gasteiger partial charge is 0.270 e. The molecule has 3 N–H and O–H groups in total. The first-order valence-corrected chi connectivity index (χ1v) is 18.5. The molecule has 2 unspecified atom stereocenters. The number of carbonyl (C=O) groups excluding carboxylic acids is 1. The molecule has 8 nitrogen and oxygen atoms in total. The van der Waals surface area contributed by atoms with E-state index in [0.717, 1.165) is 61.6 Å². The molecule has 5 rings (SSSR count). The summed E-state index contributed by atoms with van der Waals surface area (Å²) in [5.41, 5.74) is 15.3. The summed E-state index contributed by atoms with van der Waals surface area (Å²) in [7, 11) is 0. The molecule has 2 aromatic carbocycles. The van der Waals surface area contributed by atoms with Crippen LogP contribution in [-0.2, 0) is 4.84 Å². The number of anilines is 1. The average molecular weight is 810 g/mol. The van der Waals surface area contributed by atoms with Crippen LogP contribution < -0.4 is 15.7 Å². The van der Waals surface area contributed by atoms with E-state index < -0.39 is 0 Å². The predicted octanol–water partition coefficient (Wildman–Crippen LogP) is 9.58. The third-order valence-electron chi connectivity index (χ3n) is 8.12. The number of hydrogen-bond acceptors (Lipinski definition) is 6. The van der Waals surface area contributed by atoms with Gasteiger partial charge in [0.15, 0.2) is 5.69 Å². The molecule has 0 saturated carbocycles. The van der Waals surface area contributed by atoms with Gasteiger partial charge in [0.2, 0.25) is 0 Å². The maximum absolute atomic E-state index is 13.6. The van der Waals surface area contributed by atoms with Crippen LogP contribution in [0.25, 0.3) is 11.3 Å². The first kappa shape index (κ1) is 42.3. The summed E-state index contributed by atoms with van der Waals surface area (Å²) in [5.74, 6) is -0.430. The van der Waals surface area contributed by atoms with Gasteiger partial charge in [-0.05, 0) is 57.0 Å². The van der Waals surface area contributed by atoms with E-state index in [9.17, 15) is 4.79 Å². The topological polar surface area (TPSA) is 106 Å². The van der Waals surface area contributed by atoms with Crippen molar-refractivity contribution in [3.63, 3.8) is 0 Å². The van der Waals surface area contributed by atoms with Gasteiger partial charge < -0.3 is 11.1 Å². The summed E-state index contributed by atoms with van der Waals surface area (Å²) in [5, 5.41) is 3.75. The van der Waals surface area contributed by atoms with E-state index in [4.69, 9.17) is 27.2 Å². The number of hydroxylamine groups is 2. The fourth-order valence-corrected chi connectivity index (χ4v) is 5.90. The summed E-state index contributed by atoms with van der Waals surface area (Å²) < 4.78 is 1.32. The lowest BCUT2D eigenvalue weighted by molar-refractivity contribution is 0.0952. The van der Waals surface area contributed by atoms with Crippen molar-refractivity contribution < 1.29 is 9.63 Å². The largest absolute Gasteiger partial charge is 0.398 e. The van der Waals surface area contributed by atoms with Crippen LogP contribution in [0, 0.1) is 20.8 Å². The number of halogens is 2. The number of pyridine rings is 2. The summed E-state index contributed by atoms with van der Waals surface area (Å²) in [6, 6.07) is 17.8. The van der Waals surface area contributed by atoms with E-state index in [1.165, 1.54) is 0 Å². The molecular weight excluding hydrogens is 759 g/mol. The van der Waals surface area contributed by atoms with Crippen LogP contribution in [0.15, 0.2) is 92.1 Å².